The molecule has 2 unspecified atom stereocenters. The highest BCUT2D eigenvalue weighted by Gasteiger charge is 2.61. The predicted octanol–water partition coefficient (Wildman–Crippen LogP) is 10.0. The molecule has 1 saturated heterocycles. The first-order chi connectivity index (χ1) is 33.9. The number of amides is 1. The zero-order chi connectivity index (χ0) is 50.7. The number of rotatable bonds is 17. The summed E-state index contributed by atoms with van der Waals surface area (Å²) < 4.78 is 48.2. The first-order valence-electron chi connectivity index (χ1n) is 24.0. The van der Waals surface area contributed by atoms with Crippen LogP contribution in [0.25, 0.3) is 11.3 Å². The Morgan fingerprint density at radius 3 is 1.97 bits per heavy atom. The van der Waals surface area contributed by atoms with Gasteiger partial charge in [-0.3, -0.25) is 18.8 Å². The lowest BCUT2D eigenvalue weighted by molar-refractivity contribution is -0.164. The van der Waals surface area contributed by atoms with Crippen molar-refractivity contribution in [1.82, 2.24) is 14.9 Å². The zero-order valence-electron chi connectivity index (χ0n) is 41.3. The second kappa shape index (κ2) is 21.2. The molecule has 370 valence electrons. The number of thiazole rings is 1. The van der Waals surface area contributed by atoms with Crippen molar-refractivity contribution in [3.63, 3.8) is 0 Å². The van der Waals surface area contributed by atoms with Crippen LogP contribution in [0.5, 0.6) is 0 Å². The van der Waals surface area contributed by atoms with Gasteiger partial charge in [0.15, 0.2) is 8.32 Å². The van der Waals surface area contributed by atoms with E-state index in [1.807, 2.05) is 122 Å². The Hall–Kier alpha value is -5.60. The Morgan fingerprint density at radius 1 is 0.873 bits per heavy atom. The van der Waals surface area contributed by atoms with Crippen molar-refractivity contribution in [3.05, 3.63) is 168 Å². The van der Waals surface area contributed by atoms with E-state index in [1.165, 1.54) is 29.5 Å². The molecule has 6 atom stereocenters. The molecule has 2 aliphatic rings. The number of ether oxygens (including phenoxy) is 1. The first-order valence-corrected chi connectivity index (χ1v) is 31.0. The topological polar surface area (TPSA) is 142 Å². The Bertz CT molecular complexity index is 2930. The average Bonchev–Trinajstić information content (AvgIpc) is 3.86. The van der Waals surface area contributed by atoms with Crippen molar-refractivity contribution in [2.24, 2.45) is 17.8 Å². The lowest BCUT2D eigenvalue weighted by Gasteiger charge is -2.56. The summed E-state index contributed by atoms with van der Waals surface area (Å²) in [4.78, 5) is 57.9. The van der Waals surface area contributed by atoms with E-state index < -0.39 is 67.3 Å². The number of β-lactam (4-membered cyclic amide) rings is 1. The summed E-state index contributed by atoms with van der Waals surface area (Å²) in [6, 6.07) is 38.3. The molecule has 1 amide bonds. The molecule has 4 aromatic carbocycles. The first kappa shape index (κ1) is 51.7. The number of aryl methyl sites for hydroxylation is 1. The minimum absolute atomic E-state index is 0.0495. The number of esters is 1. The highest BCUT2D eigenvalue weighted by Crippen LogP contribution is 2.53. The van der Waals surface area contributed by atoms with E-state index in [4.69, 9.17) is 18.3 Å². The number of carbonyl (C=O) groups excluding carboxylic acids is 3. The maximum Gasteiger partial charge on any atom is 0.356 e. The number of hydrogen-bond donors (Lipinski definition) is 0. The summed E-state index contributed by atoms with van der Waals surface area (Å²) in [7, 11) is -6.99. The summed E-state index contributed by atoms with van der Waals surface area (Å²) in [5.41, 5.74) is 2.36. The molecule has 0 radical (unpaired) electrons. The van der Waals surface area contributed by atoms with Crippen molar-refractivity contribution in [3.8, 4) is 11.3 Å². The van der Waals surface area contributed by atoms with Crippen LogP contribution in [0.3, 0.4) is 0 Å². The Balaban J connectivity index is 1.35. The average molecular weight is 1030 g/mol. The Kier molecular flexibility index (Phi) is 15.5. The van der Waals surface area contributed by atoms with Crippen LogP contribution in [0, 0.1) is 24.7 Å². The van der Waals surface area contributed by atoms with Gasteiger partial charge in [-0.15, -0.1) is 11.3 Å². The van der Waals surface area contributed by atoms with Crippen LogP contribution in [-0.2, 0) is 37.8 Å². The van der Waals surface area contributed by atoms with Crippen LogP contribution in [-0.4, -0.2) is 73.4 Å². The van der Waals surface area contributed by atoms with Gasteiger partial charge in [0.1, 0.15) is 28.9 Å². The molecule has 0 spiro atoms. The van der Waals surface area contributed by atoms with E-state index in [-0.39, 0.29) is 33.6 Å². The minimum Gasteiger partial charge on any atom is -0.457 e. The number of ketones is 1. The molecule has 0 bridgehead atoms. The molecule has 2 fully saturated rings. The third-order valence-electron chi connectivity index (χ3n) is 14.3. The smallest absolute Gasteiger partial charge is 0.356 e. The second-order valence-electron chi connectivity index (χ2n) is 19.8. The molecule has 2 aromatic heterocycles. The van der Waals surface area contributed by atoms with Crippen molar-refractivity contribution in [2.75, 3.05) is 6.61 Å². The van der Waals surface area contributed by atoms with Gasteiger partial charge in [0.25, 0.3) is 10.1 Å². The van der Waals surface area contributed by atoms with E-state index >= 15 is 14.4 Å². The van der Waals surface area contributed by atoms with Gasteiger partial charge in [-0.1, -0.05) is 149 Å². The van der Waals surface area contributed by atoms with Gasteiger partial charge in [0.05, 0.1) is 34.6 Å². The van der Waals surface area contributed by atoms with E-state index in [0.29, 0.717) is 30.0 Å². The van der Waals surface area contributed by atoms with Gasteiger partial charge in [-0.25, -0.2) is 9.78 Å². The van der Waals surface area contributed by atoms with Crippen molar-refractivity contribution < 1.29 is 36.1 Å². The summed E-state index contributed by atoms with van der Waals surface area (Å²) in [5, 5.41) is 4.34. The molecule has 15 heteroatoms. The largest absolute Gasteiger partial charge is 0.457 e. The molecule has 1 aliphatic carbocycles. The van der Waals surface area contributed by atoms with Crippen LogP contribution in [0.2, 0.25) is 18.1 Å². The van der Waals surface area contributed by atoms with Crippen LogP contribution in [0.1, 0.15) is 63.6 Å². The second-order valence-corrected chi connectivity index (χ2v) is 30.4. The number of likely N-dealkylation sites (tertiary alicyclic amines) is 1. The normalized spacial score (nSPS) is 19.6. The number of aromatic nitrogens is 2. The summed E-state index contributed by atoms with van der Waals surface area (Å²) in [6.07, 6.45) is 3.96. The van der Waals surface area contributed by atoms with Crippen molar-refractivity contribution in [2.45, 2.75) is 95.2 Å². The maximum atomic E-state index is 16.0. The molecule has 3 heterocycles. The molecule has 8 rings (SSSR count). The van der Waals surface area contributed by atoms with Crippen LogP contribution in [0.4, 0.5) is 0 Å². The SMILES string of the molecule is C=CCOC(=O)C(N1C(=O)[C@H]([C@@H](C)O[Si](C)(C)C(C)(C)C)[C@H]1[C@H]1CCCC(C(OS(=O)(=O)c2ccc(C)cc2)c2nc(-c3ccncc3)cs2)C1=O)=P(c1ccccc1)(c1ccccc1)c1ccccc1. The Labute approximate surface area is 423 Å². The number of carbonyl (C=O) groups is 3. The fourth-order valence-electron chi connectivity index (χ4n) is 9.77. The van der Waals surface area contributed by atoms with Gasteiger partial charge in [-0.05, 0) is 85.0 Å². The highest BCUT2D eigenvalue weighted by atomic mass is 32.2. The van der Waals surface area contributed by atoms with Crippen molar-refractivity contribution >= 4 is 75.6 Å². The zero-order valence-corrected chi connectivity index (χ0v) is 44.8. The number of Topliss-reactive ketones (excluding diaryl/α,β-unsaturated/α-hetero) is 1. The number of nitrogens with zero attached hydrogens (tertiary/aromatic N) is 3. The van der Waals surface area contributed by atoms with Gasteiger partial charge >= 0.3 is 5.97 Å². The fourth-order valence-corrected chi connectivity index (χ4v) is 17.6. The molecule has 1 saturated carbocycles. The molecule has 0 N–H and O–H groups in total. The molecular formula is C56H62N3O8PS2Si. The lowest BCUT2D eigenvalue weighted by atomic mass is 9.67. The Morgan fingerprint density at radius 2 is 1.44 bits per heavy atom. The van der Waals surface area contributed by atoms with Crippen LogP contribution >= 0.6 is 18.2 Å². The monoisotopic (exact) mass is 1030 g/mol. The number of hydrogen-bond acceptors (Lipinski definition) is 11. The number of benzene rings is 4. The van der Waals surface area contributed by atoms with E-state index in [1.54, 1.807) is 29.4 Å². The van der Waals surface area contributed by atoms with Gasteiger partial charge < -0.3 is 14.1 Å². The summed E-state index contributed by atoms with van der Waals surface area (Å²) >= 11 is 1.22. The third kappa shape index (κ3) is 10.3. The molecule has 6 aromatic rings. The third-order valence-corrected chi connectivity index (χ3v) is 25.3. The molecule has 1 aliphatic heterocycles. The standard InChI is InChI=1S/C56H62N3O8PS2Si/c1-9-36-65-55(62)54(68(41-20-13-10-14-21-41,42-22-15-11-16-23-42)43-24-17-12-18-25-43)59-49(48(53(59)61)39(3)67-71(7,8)56(4,5)6)45-26-19-27-46(50(45)60)51(66-70(63,64)44-30-28-38(2)29-31-44)52-58-47(37-69-52)40-32-34-57-35-33-40/h9-18,20-25,28-35,37,39,45-46,48-49,51H,1,19,26-27,36H2,2-8H3/t39-,45-,46?,48-,49-,51?/m1/s1. The van der Waals surface area contributed by atoms with Crippen molar-refractivity contribution in [1.29, 1.82) is 0 Å². The lowest BCUT2D eigenvalue weighted by Crippen LogP contribution is -2.72. The van der Waals surface area contributed by atoms with E-state index in [0.717, 1.165) is 27.0 Å². The minimum atomic E-state index is -4.45. The van der Waals surface area contributed by atoms with Gasteiger partial charge in [0, 0.05) is 36.1 Å². The van der Waals surface area contributed by atoms with E-state index in [2.05, 4.69) is 45.4 Å². The molecule has 71 heavy (non-hydrogen) atoms. The maximum absolute atomic E-state index is 16.0. The predicted molar refractivity (Wildman–Crippen MR) is 287 cm³/mol. The van der Waals surface area contributed by atoms with Crippen LogP contribution in [0.15, 0.2) is 163 Å². The number of pyridine rings is 1. The molecular weight excluding hydrogens is 966 g/mol. The van der Waals surface area contributed by atoms with Gasteiger partial charge in [0.2, 0.25) is 5.91 Å². The fraction of sp³-hybridized carbons (Fsp3) is 0.321. The summed E-state index contributed by atoms with van der Waals surface area (Å²) in [5.74, 6) is -4.10. The quantitative estimate of drug-likeness (QED) is 0.0216. The van der Waals surface area contributed by atoms with Gasteiger partial charge in [-0.2, -0.15) is 8.42 Å². The van der Waals surface area contributed by atoms with Crippen LogP contribution < -0.4 is 15.9 Å². The molecule has 11 nitrogen and oxygen atoms in total. The van der Waals surface area contributed by atoms with E-state index in [9.17, 15) is 8.42 Å². The highest BCUT2D eigenvalue weighted by molar-refractivity contribution is 7.96. The summed E-state index contributed by atoms with van der Waals surface area (Å²) in [6.45, 7) is 14.8.